The van der Waals surface area contributed by atoms with Gasteiger partial charge in [-0.15, -0.1) is 0 Å². The Morgan fingerprint density at radius 2 is 1.68 bits per heavy atom. The van der Waals surface area contributed by atoms with Crippen molar-refractivity contribution < 1.29 is 29.2 Å². The summed E-state index contributed by atoms with van der Waals surface area (Å²) >= 11 is 0. The van der Waals surface area contributed by atoms with E-state index in [1.165, 1.54) is 0 Å². The van der Waals surface area contributed by atoms with Gasteiger partial charge in [-0.25, -0.2) is 4.79 Å². The first kappa shape index (κ1) is 14.2. The summed E-state index contributed by atoms with van der Waals surface area (Å²) in [5.41, 5.74) is -3.08. The Bertz CT molecular complexity index is 568. The van der Waals surface area contributed by atoms with Gasteiger partial charge in [0.25, 0.3) is 0 Å². The number of benzene rings is 1. The molecule has 0 spiro atoms. The fourth-order valence-electron chi connectivity index (χ4n) is 1.48. The highest BCUT2D eigenvalue weighted by Crippen LogP contribution is 2.45. The van der Waals surface area contributed by atoms with Crippen LogP contribution in [-0.4, -0.2) is 35.1 Å². The molecule has 19 heavy (non-hydrogen) atoms. The molecule has 10 heteroatoms. The molecule has 0 unspecified atom stereocenters. The molecule has 1 rings (SSSR count). The Kier molecular flexibility index (Phi) is 3.85. The van der Waals surface area contributed by atoms with Crippen LogP contribution in [0.4, 0.5) is 11.4 Å². The Hall–Kier alpha value is -2.91. The third-order valence-corrected chi connectivity index (χ3v) is 2.21. The monoisotopic (exact) mass is 272 g/mol. The van der Waals surface area contributed by atoms with Crippen LogP contribution in [0.3, 0.4) is 0 Å². The number of nitrogens with zero attached hydrogens (tertiary/aromatic N) is 2. The number of carbonyl (C=O) groups is 1. The lowest BCUT2D eigenvalue weighted by Gasteiger charge is -2.09. The van der Waals surface area contributed by atoms with E-state index in [9.17, 15) is 25.0 Å². The summed E-state index contributed by atoms with van der Waals surface area (Å²) in [5, 5.41) is 30.7. The van der Waals surface area contributed by atoms with Crippen molar-refractivity contribution in [3.63, 3.8) is 0 Å². The molecule has 0 aliphatic rings. The molecule has 1 aromatic rings. The van der Waals surface area contributed by atoms with Gasteiger partial charge in [-0.1, -0.05) is 0 Å². The fraction of sp³-hybridized carbons (Fsp3) is 0.222. The Labute approximate surface area is 105 Å². The van der Waals surface area contributed by atoms with Crippen LogP contribution in [-0.2, 0) is 0 Å². The summed E-state index contributed by atoms with van der Waals surface area (Å²) in [4.78, 5) is 30.5. The van der Waals surface area contributed by atoms with Gasteiger partial charge in [-0.3, -0.25) is 20.2 Å². The predicted molar refractivity (Wildman–Crippen MR) is 59.8 cm³/mol. The summed E-state index contributed by atoms with van der Waals surface area (Å²) in [6, 6.07) is 0.798. The van der Waals surface area contributed by atoms with Gasteiger partial charge in [-0.2, -0.15) is 0 Å². The molecule has 0 amide bonds. The number of methoxy groups -OCH3 is 2. The normalized spacial score (nSPS) is 9.79. The maximum absolute atomic E-state index is 10.9. The summed E-state index contributed by atoms with van der Waals surface area (Å²) in [7, 11) is 2.17. The van der Waals surface area contributed by atoms with Crippen LogP contribution in [0.1, 0.15) is 10.4 Å². The number of rotatable bonds is 5. The van der Waals surface area contributed by atoms with E-state index in [-0.39, 0.29) is 5.75 Å². The Morgan fingerprint density at radius 1 is 1.16 bits per heavy atom. The predicted octanol–water partition coefficient (Wildman–Crippen LogP) is 1.22. The van der Waals surface area contributed by atoms with Gasteiger partial charge in [0, 0.05) is 6.07 Å². The van der Waals surface area contributed by atoms with E-state index < -0.39 is 38.5 Å². The highest BCUT2D eigenvalue weighted by atomic mass is 16.6. The zero-order valence-corrected chi connectivity index (χ0v) is 9.78. The van der Waals surface area contributed by atoms with Gasteiger partial charge in [-0.05, 0) is 0 Å². The lowest BCUT2D eigenvalue weighted by atomic mass is 10.1. The molecule has 10 nitrogen and oxygen atoms in total. The first-order chi connectivity index (χ1) is 8.84. The van der Waals surface area contributed by atoms with E-state index in [0.29, 0.717) is 0 Å². The number of ether oxygens (including phenoxy) is 2. The summed E-state index contributed by atoms with van der Waals surface area (Å²) in [5.74, 6) is -2.47. The topological polar surface area (TPSA) is 142 Å². The van der Waals surface area contributed by atoms with Crippen molar-refractivity contribution in [1.29, 1.82) is 0 Å². The minimum atomic E-state index is -1.68. The summed E-state index contributed by atoms with van der Waals surface area (Å²) < 4.78 is 9.43. The molecule has 0 atom stereocenters. The zero-order valence-electron chi connectivity index (χ0n) is 9.78. The van der Waals surface area contributed by atoms with E-state index in [2.05, 4.69) is 0 Å². The minimum absolute atomic E-state index is 0.280. The molecule has 0 bridgehead atoms. The van der Waals surface area contributed by atoms with Gasteiger partial charge in [0.15, 0.2) is 5.75 Å². The molecule has 0 saturated heterocycles. The van der Waals surface area contributed by atoms with Crippen LogP contribution in [0, 0.1) is 20.2 Å². The van der Waals surface area contributed by atoms with Gasteiger partial charge >= 0.3 is 17.3 Å². The molecule has 0 aliphatic carbocycles. The molecule has 102 valence electrons. The number of aromatic carboxylic acids is 1. The smallest absolute Gasteiger partial charge is 0.392 e. The van der Waals surface area contributed by atoms with Crippen molar-refractivity contribution in [1.82, 2.24) is 0 Å². The maximum atomic E-state index is 10.9. The standard InChI is InChI=1S/C9H8N2O8/c1-18-5-3-4(9(12)13)6(10(14)15)7(11(16)17)8(5)19-2/h3H,1-2H3,(H,12,13). The van der Waals surface area contributed by atoms with Gasteiger partial charge in [0.1, 0.15) is 5.56 Å². The SMILES string of the molecule is COc1cc(C(=O)O)c([N+](=O)[O-])c([N+](=O)[O-])c1OC. The second-order valence-electron chi connectivity index (χ2n) is 3.18. The number of hydrogen-bond donors (Lipinski definition) is 1. The van der Waals surface area contributed by atoms with E-state index in [0.717, 1.165) is 20.3 Å². The first-order valence-corrected chi connectivity index (χ1v) is 4.66. The van der Waals surface area contributed by atoms with Crippen LogP contribution in [0.2, 0.25) is 0 Å². The minimum Gasteiger partial charge on any atom is -0.493 e. The van der Waals surface area contributed by atoms with Crippen molar-refractivity contribution in [2.45, 2.75) is 0 Å². The van der Waals surface area contributed by atoms with E-state index in [1.807, 2.05) is 0 Å². The van der Waals surface area contributed by atoms with E-state index >= 15 is 0 Å². The number of hydrogen-bond acceptors (Lipinski definition) is 7. The van der Waals surface area contributed by atoms with Crippen molar-refractivity contribution in [2.75, 3.05) is 14.2 Å². The first-order valence-electron chi connectivity index (χ1n) is 4.66. The number of nitro groups is 2. The van der Waals surface area contributed by atoms with Crippen molar-refractivity contribution in [2.24, 2.45) is 0 Å². The van der Waals surface area contributed by atoms with Crippen LogP contribution in [0.25, 0.3) is 0 Å². The molecule has 0 aliphatic heterocycles. The van der Waals surface area contributed by atoms with E-state index in [4.69, 9.17) is 14.6 Å². The second-order valence-corrected chi connectivity index (χ2v) is 3.18. The molecule has 0 radical (unpaired) electrons. The second kappa shape index (κ2) is 5.16. The Morgan fingerprint density at radius 3 is 2.00 bits per heavy atom. The molecule has 1 N–H and O–H groups in total. The van der Waals surface area contributed by atoms with Gasteiger partial charge < -0.3 is 14.6 Å². The third-order valence-electron chi connectivity index (χ3n) is 2.21. The van der Waals surface area contributed by atoms with Gasteiger partial charge in [0.2, 0.25) is 5.75 Å². The third kappa shape index (κ3) is 2.36. The summed E-state index contributed by atoms with van der Waals surface area (Å²) in [6.45, 7) is 0. The fourth-order valence-corrected chi connectivity index (χ4v) is 1.48. The molecule has 0 aromatic heterocycles. The lowest BCUT2D eigenvalue weighted by Crippen LogP contribution is -2.08. The number of carboxylic acids is 1. The van der Waals surface area contributed by atoms with E-state index in [1.54, 1.807) is 0 Å². The van der Waals surface area contributed by atoms with Crippen molar-refractivity contribution >= 4 is 17.3 Å². The molecule has 0 heterocycles. The van der Waals surface area contributed by atoms with Gasteiger partial charge in [0.05, 0.1) is 24.1 Å². The zero-order chi connectivity index (χ0) is 14.7. The molecular formula is C9H8N2O8. The van der Waals surface area contributed by atoms with Crippen molar-refractivity contribution in [3.8, 4) is 11.5 Å². The number of nitro benzene ring substituents is 2. The highest BCUT2D eigenvalue weighted by molar-refractivity contribution is 5.96. The number of carboxylic acid groups (broad SMARTS) is 1. The van der Waals surface area contributed by atoms with Crippen molar-refractivity contribution in [3.05, 3.63) is 31.9 Å². The summed E-state index contributed by atoms with van der Waals surface area (Å²) in [6.07, 6.45) is 0. The average Bonchev–Trinajstić information content (AvgIpc) is 2.35. The largest absolute Gasteiger partial charge is 0.493 e. The van der Waals surface area contributed by atoms with Crippen LogP contribution < -0.4 is 9.47 Å². The van der Waals surface area contributed by atoms with Crippen LogP contribution >= 0.6 is 0 Å². The lowest BCUT2D eigenvalue weighted by molar-refractivity contribution is -0.423. The van der Waals surface area contributed by atoms with Crippen LogP contribution in [0.5, 0.6) is 11.5 Å². The quantitative estimate of drug-likeness (QED) is 0.622. The van der Waals surface area contributed by atoms with Crippen LogP contribution in [0.15, 0.2) is 6.07 Å². The Balaban J connectivity index is 3.89. The molecule has 0 saturated carbocycles. The maximum Gasteiger partial charge on any atom is 0.392 e. The molecular weight excluding hydrogens is 264 g/mol. The highest BCUT2D eigenvalue weighted by Gasteiger charge is 2.39. The molecule has 0 fully saturated rings. The average molecular weight is 272 g/mol. The molecule has 1 aromatic carbocycles.